The van der Waals surface area contributed by atoms with E-state index in [4.69, 9.17) is 4.74 Å². The molecular weight excluding hydrogens is 398 g/mol. The number of aryl methyl sites for hydroxylation is 1. The summed E-state index contributed by atoms with van der Waals surface area (Å²) in [6.07, 6.45) is 0.238. The normalized spacial score (nSPS) is 15.6. The van der Waals surface area contributed by atoms with Gasteiger partial charge in [-0.25, -0.2) is 4.79 Å². The van der Waals surface area contributed by atoms with Crippen molar-refractivity contribution in [2.24, 2.45) is 0 Å². The van der Waals surface area contributed by atoms with Gasteiger partial charge in [0.25, 0.3) is 0 Å². The first-order valence-corrected chi connectivity index (χ1v) is 10.7. The lowest BCUT2D eigenvalue weighted by atomic mass is 9.88. The molecule has 0 saturated heterocycles. The van der Waals surface area contributed by atoms with Crippen molar-refractivity contribution in [2.75, 3.05) is 5.32 Å². The van der Waals surface area contributed by atoms with Gasteiger partial charge in [-0.15, -0.1) is 11.3 Å². The Balaban J connectivity index is 1.91. The summed E-state index contributed by atoms with van der Waals surface area (Å²) < 4.78 is 5.99. The molecule has 1 aliphatic heterocycles. The predicted octanol–water partition coefficient (Wildman–Crippen LogP) is 5.68. The van der Waals surface area contributed by atoms with Crippen molar-refractivity contribution < 1.29 is 19.4 Å². The molecule has 30 heavy (non-hydrogen) atoms. The fourth-order valence-corrected chi connectivity index (χ4v) is 5.05. The molecule has 0 spiro atoms. The second-order valence-electron chi connectivity index (χ2n) is 7.73. The van der Waals surface area contributed by atoms with Crippen LogP contribution < -0.4 is 10.1 Å². The van der Waals surface area contributed by atoms with E-state index in [2.05, 4.69) is 5.32 Å². The number of rotatable bonds is 5. The standard InChI is InChI=1S/C24H23NO4S/c1-13(2)29-18-7-5-4-6-16(18)17-12-19(26)25-21-20(15-10-8-14(3)9-11-15)23(24(27)28)30-22(17)21/h4-11,13,17H,12H2,1-3H3,(H,25,26)(H,27,28)/t17-/m0/s1. The van der Waals surface area contributed by atoms with Gasteiger partial charge in [0.05, 0.1) is 11.8 Å². The van der Waals surface area contributed by atoms with E-state index in [1.54, 1.807) is 0 Å². The van der Waals surface area contributed by atoms with Gasteiger partial charge in [-0.2, -0.15) is 0 Å². The van der Waals surface area contributed by atoms with Gasteiger partial charge in [-0.05, 0) is 32.4 Å². The van der Waals surface area contributed by atoms with Gasteiger partial charge in [-0.3, -0.25) is 4.79 Å². The molecule has 0 aliphatic carbocycles. The van der Waals surface area contributed by atoms with Gasteiger partial charge in [0, 0.05) is 28.3 Å². The molecule has 0 fully saturated rings. The highest BCUT2D eigenvalue weighted by atomic mass is 32.1. The van der Waals surface area contributed by atoms with Crippen molar-refractivity contribution in [3.63, 3.8) is 0 Å². The monoisotopic (exact) mass is 421 g/mol. The third-order valence-electron chi connectivity index (χ3n) is 5.10. The first kappa shape index (κ1) is 20.2. The minimum atomic E-state index is -0.996. The van der Waals surface area contributed by atoms with Crippen molar-refractivity contribution in [3.05, 3.63) is 69.4 Å². The number of nitrogens with one attached hydrogen (secondary N) is 1. The molecule has 6 heteroatoms. The number of benzene rings is 2. The van der Waals surface area contributed by atoms with Crippen molar-refractivity contribution in [1.82, 2.24) is 0 Å². The van der Waals surface area contributed by atoms with Crippen LogP contribution in [0.4, 0.5) is 5.69 Å². The molecule has 0 radical (unpaired) electrons. The molecule has 0 saturated carbocycles. The number of amides is 1. The Morgan fingerprint density at radius 2 is 1.87 bits per heavy atom. The predicted molar refractivity (Wildman–Crippen MR) is 119 cm³/mol. The van der Waals surface area contributed by atoms with Crippen molar-refractivity contribution >= 4 is 28.9 Å². The zero-order valence-corrected chi connectivity index (χ0v) is 17.9. The minimum Gasteiger partial charge on any atom is -0.491 e. The molecule has 1 atom stereocenters. The second-order valence-corrected chi connectivity index (χ2v) is 8.78. The Morgan fingerprint density at radius 1 is 1.17 bits per heavy atom. The van der Waals surface area contributed by atoms with Crippen molar-refractivity contribution in [2.45, 2.75) is 39.2 Å². The van der Waals surface area contributed by atoms with Gasteiger partial charge < -0.3 is 15.2 Å². The molecule has 3 aromatic rings. The molecule has 2 heterocycles. The molecule has 2 aromatic carbocycles. The number of anilines is 1. The summed E-state index contributed by atoms with van der Waals surface area (Å²) in [5.74, 6) is -0.661. The van der Waals surface area contributed by atoms with Crippen LogP contribution in [0.3, 0.4) is 0 Å². The maximum Gasteiger partial charge on any atom is 0.346 e. The molecule has 0 unspecified atom stereocenters. The Labute approximate surface area is 179 Å². The third kappa shape index (κ3) is 3.71. The lowest BCUT2D eigenvalue weighted by Crippen LogP contribution is -2.23. The van der Waals surface area contributed by atoms with E-state index >= 15 is 0 Å². The first-order chi connectivity index (χ1) is 14.3. The fourth-order valence-electron chi connectivity index (χ4n) is 3.81. The first-order valence-electron chi connectivity index (χ1n) is 9.87. The number of thiophene rings is 1. The summed E-state index contributed by atoms with van der Waals surface area (Å²) in [6.45, 7) is 5.90. The zero-order valence-electron chi connectivity index (χ0n) is 17.1. The van der Waals surface area contributed by atoms with Gasteiger partial charge >= 0.3 is 5.97 Å². The van der Waals surface area contributed by atoms with Crippen LogP contribution in [0.5, 0.6) is 5.75 Å². The van der Waals surface area contributed by atoms with Crippen molar-refractivity contribution in [1.29, 1.82) is 0 Å². The molecule has 1 aliphatic rings. The van der Waals surface area contributed by atoms with Crippen LogP contribution in [0.1, 0.15) is 51.9 Å². The summed E-state index contributed by atoms with van der Waals surface area (Å²) >= 11 is 1.23. The van der Waals surface area contributed by atoms with Crippen LogP contribution >= 0.6 is 11.3 Å². The topological polar surface area (TPSA) is 75.6 Å². The van der Waals surface area contributed by atoms with E-state index in [9.17, 15) is 14.7 Å². The number of carbonyl (C=O) groups is 2. The highest BCUT2D eigenvalue weighted by Crippen LogP contribution is 2.50. The van der Waals surface area contributed by atoms with Crippen LogP contribution in [-0.4, -0.2) is 23.1 Å². The van der Waals surface area contributed by atoms with Crippen molar-refractivity contribution in [3.8, 4) is 16.9 Å². The summed E-state index contributed by atoms with van der Waals surface area (Å²) in [7, 11) is 0. The smallest absolute Gasteiger partial charge is 0.346 e. The number of aromatic carboxylic acids is 1. The molecule has 154 valence electrons. The number of hydrogen-bond donors (Lipinski definition) is 2. The molecule has 0 bridgehead atoms. The van der Waals surface area contributed by atoms with E-state index in [0.717, 1.165) is 27.3 Å². The van der Waals surface area contributed by atoms with Crippen LogP contribution in [0.25, 0.3) is 11.1 Å². The van der Waals surface area contributed by atoms with E-state index in [0.29, 0.717) is 11.3 Å². The maximum absolute atomic E-state index is 12.7. The summed E-state index contributed by atoms with van der Waals surface area (Å²) in [4.78, 5) is 25.8. The van der Waals surface area contributed by atoms with Gasteiger partial charge in [0.15, 0.2) is 0 Å². The number of carboxylic acids is 1. The lowest BCUT2D eigenvalue weighted by molar-refractivity contribution is -0.116. The van der Waals surface area contributed by atoms with Gasteiger partial charge in [-0.1, -0.05) is 48.0 Å². The number of carbonyl (C=O) groups excluding carboxylic acids is 1. The van der Waals surface area contributed by atoms with Gasteiger partial charge in [0.1, 0.15) is 10.6 Å². The highest BCUT2D eigenvalue weighted by Gasteiger charge is 2.35. The third-order valence-corrected chi connectivity index (χ3v) is 6.39. The Bertz CT molecular complexity index is 1110. The Morgan fingerprint density at radius 3 is 2.53 bits per heavy atom. The number of fused-ring (bicyclic) bond motifs is 1. The largest absolute Gasteiger partial charge is 0.491 e. The molecule has 1 aromatic heterocycles. The number of ether oxygens (including phenoxy) is 1. The van der Waals surface area contributed by atoms with Crippen LogP contribution in [0.15, 0.2) is 48.5 Å². The SMILES string of the molecule is Cc1ccc(-c2c(C(=O)O)sc3c2NC(=O)C[C@H]3c2ccccc2OC(C)C)cc1. The zero-order chi connectivity index (χ0) is 21.4. The Hall–Kier alpha value is -3.12. The van der Waals surface area contributed by atoms with Crippen LogP contribution in [0.2, 0.25) is 0 Å². The maximum atomic E-state index is 12.7. The van der Waals surface area contributed by atoms with Crippen LogP contribution in [-0.2, 0) is 4.79 Å². The summed E-state index contributed by atoms with van der Waals surface area (Å²) in [5.41, 5.74) is 3.94. The van der Waals surface area contributed by atoms with E-state index in [1.165, 1.54) is 11.3 Å². The molecule has 5 nitrogen and oxygen atoms in total. The number of hydrogen-bond acceptors (Lipinski definition) is 4. The Kier molecular flexibility index (Phi) is 5.35. The van der Waals surface area contributed by atoms with Crippen LogP contribution in [0, 0.1) is 6.92 Å². The minimum absolute atomic E-state index is 0.0101. The highest BCUT2D eigenvalue weighted by molar-refractivity contribution is 7.15. The molecule has 4 rings (SSSR count). The van der Waals surface area contributed by atoms with Gasteiger partial charge in [0.2, 0.25) is 5.91 Å². The average molecular weight is 422 g/mol. The van der Waals surface area contributed by atoms with E-state index in [-0.39, 0.29) is 29.2 Å². The molecule has 1 amide bonds. The number of para-hydroxylation sites is 1. The quantitative estimate of drug-likeness (QED) is 0.555. The fraction of sp³-hybridized carbons (Fsp3) is 0.250. The second kappa shape index (κ2) is 7.95. The number of carboxylic acid groups (broad SMARTS) is 1. The average Bonchev–Trinajstić information content (AvgIpc) is 3.08. The van der Waals surface area contributed by atoms with E-state index < -0.39 is 5.97 Å². The summed E-state index contributed by atoms with van der Waals surface area (Å²) in [5, 5.41) is 12.8. The summed E-state index contributed by atoms with van der Waals surface area (Å²) in [6, 6.07) is 15.4. The molecule has 2 N–H and O–H groups in total. The lowest BCUT2D eigenvalue weighted by Gasteiger charge is -2.26. The van der Waals surface area contributed by atoms with E-state index in [1.807, 2.05) is 69.3 Å². The molecular formula is C24H23NO4S.